The van der Waals surface area contributed by atoms with Crippen molar-refractivity contribution in [2.45, 2.75) is 31.5 Å². The maximum Gasteiger partial charge on any atom is 0.236 e. The molecule has 1 N–H and O–H groups in total. The Balaban J connectivity index is 1.50. The maximum absolute atomic E-state index is 12.3. The number of hydrogen-bond donors (Lipinski definition) is 1. The molecule has 5 heteroatoms. The quantitative estimate of drug-likeness (QED) is 0.732. The van der Waals surface area contributed by atoms with Crippen molar-refractivity contribution in [2.75, 3.05) is 45.8 Å². The molecule has 3 rings (SSSR count). The van der Waals surface area contributed by atoms with E-state index >= 15 is 0 Å². The Morgan fingerprint density at radius 2 is 1.94 bits per heavy atom. The molecular formula is C13H23N3O2. The van der Waals surface area contributed by atoms with Crippen LogP contribution in [0.3, 0.4) is 0 Å². The van der Waals surface area contributed by atoms with E-state index in [0.717, 1.165) is 45.7 Å². The summed E-state index contributed by atoms with van der Waals surface area (Å²) in [7, 11) is 0. The molecule has 18 heavy (non-hydrogen) atoms. The largest absolute Gasteiger partial charge is 0.372 e. The van der Waals surface area contributed by atoms with Gasteiger partial charge in [-0.1, -0.05) is 0 Å². The number of ether oxygens (including phenoxy) is 1. The second kappa shape index (κ2) is 5.55. The highest BCUT2D eigenvalue weighted by atomic mass is 16.5. The van der Waals surface area contributed by atoms with Crippen molar-refractivity contribution in [1.82, 2.24) is 15.1 Å². The number of fused-ring (bicyclic) bond motifs is 2. The number of nitrogens with one attached hydrogen (secondary N) is 1. The van der Waals surface area contributed by atoms with Crippen LogP contribution in [0.2, 0.25) is 0 Å². The van der Waals surface area contributed by atoms with Crippen molar-refractivity contribution in [2.24, 2.45) is 0 Å². The first-order valence-corrected chi connectivity index (χ1v) is 7.17. The van der Waals surface area contributed by atoms with Crippen LogP contribution in [0, 0.1) is 0 Å². The lowest BCUT2D eigenvalue weighted by molar-refractivity contribution is -0.134. The van der Waals surface area contributed by atoms with Crippen LogP contribution in [0.1, 0.15) is 19.3 Å². The van der Waals surface area contributed by atoms with E-state index in [0.29, 0.717) is 24.7 Å². The minimum atomic E-state index is 0.292. The number of likely N-dealkylation sites (tertiary alicyclic amines) is 1. The Morgan fingerprint density at radius 3 is 2.72 bits per heavy atom. The molecule has 5 nitrogen and oxygen atoms in total. The first-order valence-electron chi connectivity index (χ1n) is 7.17. The zero-order valence-electron chi connectivity index (χ0n) is 10.9. The highest BCUT2D eigenvalue weighted by Gasteiger charge is 2.34. The summed E-state index contributed by atoms with van der Waals surface area (Å²) < 4.78 is 5.80. The first-order chi connectivity index (χ1) is 8.81. The summed E-state index contributed by atoms with van der Waals surface area (Å²) >= 11 is 0. The summed E-state index contributed by atoms with van der Waals surface area (Å²) in [5, 5.41) is 3.33. The second-order valence-corrected chi connectivity index (χ2v) is 5.64. The minimum Gasteiger partial charge on any atom is -0.372 e. The van der Waals surface area contributed by atoms with Gasteiger partial charge >= 0.3 is 0 Å². The normalized spacial score (nSPS) is 33.4. The Hall–Kier alpha value is -0.650. The fraction of sp³-hybridized carbons (Fsp3) is 0.923. The fourth-order valence-electron chi connectivity index (χ4n) is 3.21. The zero-order valence-corrected chi connectivity index (χ0v) is 10.9. The number of amides is 1. The minimum absolute atomic E-state index is 0.292. The molecular weight excluding hydrogens is 230 g/mol. The van der Waals surface area contributed by atoms with Crippen LogP contribution in [0.25, 0.3) is 0 Å². The van der Waals surface area contributed by atoms with Gasteiger partial charge in [-0.25, -0.2) is 0 Å². The summed E-state index contributed by atoms with van der Waals surface area (Å²) in [5.41, 5.74) is 0. The monoisotopic (exact) mass is 253 g/mol. The van der Waals surface area contributed by atoms with E-state index in [1.807, 2.05) is 4.90 Å². The molecule has 0 aromatic rings. The molecule has 3 aliphatic rings. The highest BCUT2D eigenvalue weighted by Crippen LogP contribution is 2.25. The van der Waals surface area contributed by atoms with Crippen molar-refractivity contribution in [1.29, 1.82) is 0 Å². The predicted octanol–water partition coefficient (Wildman–Crippen LogP) is -0.328. The van der Waals surface area contributed by atoms with E-state index in [-0.39, 0.29) is 0 Å². The van der Waals surface area contributed by atoms with Gasteiger partial charge in [-0.05, 0) is 25.8 Å². The molecule has 1 amide bonds. The zero-order chi connectivity index (χ0) is 12.4. The van der Waals surface area contributed by atoms with Crippen molar-refractivity contribution in [3.63, 3.8) is 0 Å². The topological polar surface area (TPSA) is 44.8 Å². The Bertz CT molecular complexity index is 291. The van der Waals surface area contributed by atoms with Crippen molar-refractivity contribution in [3.8, 4) is 0 Å². The van der Waals surface area contributed by atoms with Gasteiger partial charge in [0.2, 0.25) is 5.91 Å². The molecule has 0 spiro atoms. The van der Waals surface area contributed by atoms with Crippen molar-refractivity contribution >= 4 is 5.91 Å². The third-order valence-electron chi connectivity index (χ3n) is 4.17. The summed E-state index contributed by atoms with van der Waals surface area (Å²) in [6.45, 7) is 6.18. The van der Waals surface area contributed by atoms with E-state index in [1.165, 1.54) is 12.8 Å². The van der Waals surface area contributed by atoms with Crippen molar-refractivity contribution < 1.29 is 9.53 Å². The summed E-state index contributed by atoms with van der Waals surface area (Å²) in [4.78, 5) is 16.6. The smallest absolute Gasteiger partial charge is 0.236 e. The van der Waals surface area contributed by atoms with Gasteiger partial charge < -0.3 is 15.0 Å². The Morgan fingerprint density at radius 1 is 1.17 bits per heavy atom. The number of nitrogens with zero attached hydrogens (tertiary/aromatic N) is 2. The standard InChI is InChI=1S/C13H23N3O2/c17-13(16-6-1-4-14-5-7-16)10-15-8-11-2-3-12(9-15)18-11/h11-12,14H,1-10H2. The SMILES string of the molecule is O=C(CN1CC2CCC(C1)O2)N1CCCNCC1. The van der Waals surface area contributed by atoms with Gasteiger partial charge in [0, 0.05) is 32.7 Å². The second-order valence-electron chi connectivity index (χ2n) is 5.64. The molecule has 2 bridgehead atoms. The van der Waals surface area contributed by atoms with E-state index in [4.69, 9.17) is 4.74 Å². The van der Waals surface area contributed by atoms with Crippen LogP contribution in [-0.4, -0.2) is 73.7 Å². The molecule has 3 aliphatic heterocycles. The van der Waals surface area contributed by atoms with Crippen LogP contribution in [0.4, 0.5) is 0 Å². The molecule has 3 fully saturated rings. The average Bonchev–Trinajstić information content (AvgIpc) is 2.59. The molecule has 0 aromatic heterocycles. The van der Waals surface area contributed by atoms with E-state index in [1.54, 1.807) is 0 Å². The third kappa shape index (κ3) is 2.84. The van der Waals surface area contributed by atoms with Gasteiger partial charge in [0.25, 0.3) is 0 Å². The molecule has 2 unspecified atom stereocenters. The molecule has 0 radical (unpaired) electrons. The maximum atomic E-state index is 12.3. The van der Waals surface area contributed by atoms with Gasteiger partial charge in [-0.3, -0.25) is 9.69 Å². The van der Waals surface area contributed by atoms with Crippen molar-refractivity contribution in [3.05, 3.63) is 0 Å². The molecule has 3 saturated heterocycles. The number of hydrogen-bond acceptors (Lipinski definition) is 4. The van der Waals surface area contributed by atoms with Crippen LogP contribution < -0.4 is 5.32 Å². The summed E-state index contributed by atoms with van der Waals surface area (Å²) in [5.74, 6) is 0.292. The molecule has 3 heterocycles. The number of carbonyl (C=O) groups excluding carboxylic acids is 1. The molecule has 0 saturated carbocycles. The van der Waals surface area contributed by atoms with E-state index in [9.17, 15) is 4.79 Å². The fourth-order valence-corrected chi connectivity index (χ4v) is 3.21. The van der Waals surface area contributed by atoms with Gasteiger partial charge in [0.15, 0.2) is 0 Å². The molecule has 0 aromatic carbocycles. The number of morpholine rings is 1. The lowest BCUT2D eigenvalue weighted by Gasteiger charge is -2.33. The third-order valence-corrected chi connectivity index (χ3v) is 4.17. The lowest BCUT2D eigenvalue weighted by atomic mass is 10.2. The van der Waals surface area contributed by atoms with E-state index in [2.05, 4.69) is 10.2 Å². The van der Waals surface area contributed by atoms with Gasteiger partial charge in [-0.15, -0.1) is 0 Å². The number of rotatable bonds is 2. The van der Waals surface area contributed by atoms with Gasteiger partial charge in [0.05, 0.1) is 18.8 Å². The first kappa shape index (κ1) is 12.4. The van der Waals surface area contributed by atoms with E-state index < -0.39 is 0 Å². The van der Waals surface area contributed by atoms with Gasteiger partial charge in [-0.2, -0.15) is 0 Å². The highest BCUT2D eigenvalue weighted by molar-refractivity contribution is 5.78. The summed E-state index contributed by atoms with van der Waals surface area (Å²) in [6.07, 6.45) is 4.16. The summed E-state index contributed by atoms with van der Waals surface area (Å²) in [6, 6.07) is 0. The Labute approximate surface area is 108 Å². The molecule has 0 aliphatic carbocycles. The predicted molar refractivity (Wildman–Crippen MR) is 68.4 cm³/mol. The van der Waals surface area contributed by atoms with Crippen LogP contribution in [-0.2, 0) is 9.53 Å². The molecule has 2 atom stereocenters. The van der Waals surface area contributed by atoms with Crippen LogP contribution in [0.15, 0.2) is 0 Å². The average molecular weight is 253 g/mol. The number of carbonyl (C=O) groups is 1. The van der Waals surface area contributed by atoms with Crippen LogP contribution >= 0.6 is 0 Å². The van der Waals surface area contributed by atoms with Crippen LogP contribution in [0.5, 0.6) is 0 Å². The van der Waals surface area contributed by atoms with Gasteiger partial charge in [0.1, 0.15) is 0 Å². The lowest BCUT2D eigenvalue weighted by Crippen LogP contribution is -2.48. The molecule has 102 valence electrons. The Kier molecular flexibility index (Phi) is 3.82.